The number of primary amides is 1. The van der Waals surface area contributed by atoms with Gasteiger partial charge in [-0.25, -0.2) is 0 Å². The molecule has 0 radical (unpaired) electrons. The Morgan fingerprint density at radius 3 is 2.49 bits per heavy atom. The van der Waals surface area contributed by atoms with E-state index in [9.17, 15) is 34.8 Å². The summed E-state index contributed by atoms with van der Waals surface area (Å²) in [6.07, 6.45) is 4.49. The standard InChI is InChI=1S/C27H29NO7/c28-26(34)22-19(30)12-16-10-15-11-17-14(7-6-13-4-2-1-3-5-13)8-9-18(29)21(17)23(31)20(15)24(32)27(16,35)25(22)33/h8-9,13,15-16,19,22,29-30,32,35H,1-5,10-12H2,(H2,28,34)/t15-,16+,19?,22?,27+/m1/s1. The van der Waals surface area contributed by atoms with E-state index in [1.165, 1.54) is 12.5 Å². The highest BCUT2D eigenvalue weighted by atomic mass is 16.3. The van der Waals surface area contributed by atoms with Crippen molar-refractivity contribution in [1.82, 2.24) is 0 Å². The molecule has 1 amide bonds. The highest BCUT2D eigenvalue weighted by Gasteiger charge is 2.62. The molecule has 6 N–H and O–H groups in total. The summed E-state index contributed by atoms with van der Waals surface area (Å²) in [6.45, 7) is 0. The van der Waals surface area contributed by atoms with E-state index in [4.69, 9.17) is 5.73 Å². The van der Waals surface area contributed by atoms with Gasteiger partial charge in [-0.3, -0.25) is 14.4 Å². The maximum absolute atomic E-state index is 13.6. The maximum atomic E-state index is 13.6. The topological polar surface area (TPSA) is 158 Å². The van der Waals surface area contributed by atoms with Crippen LogP contribution in [0.1, 0.15) is 66.4 Å². The Bertz CT molecular complexity index is 1220. The van der Waals surface area contributed by atoms with Gasteiger partial charge >= 0.3 is 0 Å². The molecule has 4 aliphatic rings. The van der Waals surface area contributed by atoms with Crippen LogP contribution >= 0.6 is 0 Å². The van der Waals surface area contributed by atoms with Crippen molar-refractivity contribution < 1.29 is 34.8 Å². The van der Waals surface area contributed by atoms with Crippen molar-refractivity contribution in [3.05, 3.63) is 40.2 Å². The van der Waals surface area contributed by atoms with E-state index in [0.717, 1.165) is 25.7 Å². The van der Waals surface area contributed by atoms with Crippen LogP contribution in [0.4, 0.5) is 0 Å². The number of amides is 1. The van der Waals surface area contributed by atoms with Gasteiger partial charge < -0.3 is 26.2 Å². The Kier molecular flexibility index (Phi) is 5.73. The number of phenols is 1. The lowest BCUT2D eigenvalue weighted by Gasteiger charge is -2.48. The van der Waals surface area contributed by atoms with Crippen molar-refractivity contribution in [1.29, 1.82) is 0 Å². The minimum absolute atomic E-state index is 0.00929. The zero-order valence-corrected chi connectivity index (χ0v) is 19.3. The average molecular weight is 480 g/mol. The number of aromatic hydroxyl groups is 1. The molecule has 5 rings (SSSR count). The van der Waals surface area contributed by atoms with Crippen LogP contribution in [0.3, 0.4) is 0 Å². The zero-order chi connectivity index (χ0) is 25.1. The number of hydrogen-bond acceptors (Lipinski definition) is 7. The molecule has 0 saturated heterocycles. The Balaban J connectivity index is 1.58. The summed E-state index contributed by atoms with van der Waals surface area (Å²) in [6, 6.07) is 3.08. The number of phenolic OH excluding ortho intramolecular Hbond substituents is 1. The van der Waals surface area contributed by atoms with Gasteiger partial charge in [0, 0.05) is 23.0 Å². The van der Waals surface area contributed by atoms with Crippen LogP contribution in [0.25, 0.3) is 0 Å². The van der Waals surface area contributed by atoms with Crippen molar-refractivity contribution in [2.75, 3.05) is 0 Å². The highest BCUT2D eigenvalue weighted by molar-refractivity contribution is 6.15. The summed E-state index contributed by atoms with van der Waals surface area (Å²) in [7, 11) is 0. The van der Waals surface area contributed by atoms with Crippen LogP contribution in [0, 0.1) is 35.5 Å². The summed E-state index contributed by atoms with van der Waals surface area (Å²) in [5.74, 6) is -0.248. The van der Waals surface area contributed by atoms with Gasteiger partial charge in [0.1, 0.15) is 17.4 Å². The first-order valence-corrected chi connectivity index (χ1v) is 12.2. The number of aliphatic hydroxyl groups is 3. The van der Waals surface area contributed by atoms with Gasteiger partial charge in [0.05, 0.1) is 11.7 Å². The normalized spacial score (nSPS) is 32.7. The second-order valence-corrected chi connectivity index (χ2v) is 10.3. The van der Waals surface area contributed by atoms with Crippen molar-refractivity contribution in [3.8, 4) is 17.6 Å². The minimum Gasteiger partial charge on any atom is -0.508 e. The molecule has 1 aromatic carbocycles. The fourth-order valence-corrected chi connectivity index (χ4v) is 6.47. The number of hydrogen-bond donors (Lipinski definition) is 5. The number of carbonyl (C=O) groups excluding carboxylic acids is 3. The molecule has 8 heteroatoms. The lowest BCUT2D eigenvalue weighted by Crippen LogP contribution is -2.63. The summed E-state index contributed by atoms with van der Waals surface area (Å²) in [5.41, 5.74) is 3.88. The van der Waals surface area contributed by atoms with Crippen LogP contribution < -0.4 is 5.73 Å². The molecule has 2 unspecified atom stereocenters. The number of rotatable bonds is 1. The molecule has 0 aliphatic heterocycles. The van der Waals surface area contributed by atoms with Crippen LogP contribution in [0.5, 0.6) is 5.75 Å². The van der Waals surface area contributed by atoms with E-state index in [2.05, 4.69) is 11.8 Å². The third kappa shape index (κ3) is 3.57. The number of carbonyl (C=O) groups is 3. The molecule has 35 heavy (non-hydrogen) atoms. The molecular formula is C27H29NO7. The number of fused-ring (bicyclic) bond motifs is 3. The smallest absolute Gasteiger partial charge is 0.230 e. The van der Waals surface area contributed by atoms with E-state index in [0.29, 0.717) is 17.0 Å². The lowest BCUT2D eigenvalue weighted by atomic mass is 9.57. The second-order valence-electron chi connectivity index (χ2n) is 10.3. The van der Waals surface area contributed by atoms with Crippen molar-refractivity contribution >= 4 is 17.5 Å². The molecule has 2 saturated carbocycles. The number of benzene rings is 1. The summed E-state index contributed by atoms with van der Waals surface area (Å²) < 4.78 is 0. The Morgan fingerprint density at radius 1 is 1.09 bits per heavy atom. The SMILES string of the molecule is NC(=O)C1C(=O)[C@@]2(O)C(O)=C3C(=O)c4c(O)ccc(C#CC5CCCCC5)c4C[C@H]3C[C@H]2CC1O. The summed E-state index contributed by atoms with van der Waals surface area (Å²) in [5, 5.41) is 43.3. The quantitative estimate of drug-likeness (QED) is 0.303. The van der Waals surface area contributed by atoms with Gasteiger partial charge in [-0.2, -0.15) is 0 Å². The molecule has 5 atom stereocenters. The summed E-state index contributed by atoms with van der Waals surface area (Å²) in [4.78, 5) is 38.4. The van der Waals surface area contributed by atoms with Crippen LogP contribution in [-0.4, -0.2) is 49.6 Å². The Labute approximate surface area is 202 Å². The Morgan fingerprint density at radius 2 is 1.80 bits per heavy atom. The average Bonchev–Trinajstić information content (AvgIpc) is 2.81. The third-order valence-electron chi connectivity index (χ3n) is 8.29. The predicted molar refractivity (Wildman–Crippen MR) is 124 cm³/mol. The molecule has 2 fully saturated rings. The van der Waals surface area contributed by atoms with Crippen LogP contribution in [0.2, 0.25) is 0 Å². The number of allylic oxidation sites excluding steroid dienone is 1. The van der Waals surface area contributed by atoms with Gasteiger partial charge in [-0.05, 0) is 55.7 Å². The molecule has 0 bridgehead atoms. The van der Waals surface area contributed by atoms with Crippen molar-refractivity contribution in [2.45, 2.75) is 63.1 Å². The molecule has 8 nitrogen and oxygen atoms in total. The fourth-order valence-electron chi connectivity index (χ4n) is 6.47. The van der Waals surface area contributed by atoms with E-state index in [-0.39, 0.29) is 36.1 Å². The number of Topliss-reactive ketones (excluding diaryl/α,β-unsaturated/α-hetero) is 2. The third-order valence-corrected chi connectivity index (χ3v) is 8.29. The fraction of sp³-hybridized carbons (Fsp3) is 0.519. The monoisotopic (exact) mass is 479 g/mol. The van der Waals surface area contributed by atoms with Gasteiger partial charge in [0.2, 0.25) is 5.91 Å². The zero-order valence-electron chi connectivity index (χ0n) is 19.3. The summed E-state index contributed by atoms with van der Waals surface area (Å²) >= 11 is 0. The minimum atomic E-state index is -2.49. The second kappa shape index (κ2) is 8.51. The van der Waals surface area contributed by atoms with Gasteiger partial charge in [0.25, 0.3) is 0 Å². The van der Waals surface area contributed by atoms with Gasteiger partial charge in [-0.1, -0.05) is 31.1 Å². The first-order valence-electron chi connectivity index (χ1n) is 12.2. The molecule has 0 spiro atoms. The number of nitrogens with two attached hydrogens (primary N) is 1. The number of ketones is 2. The van der Waals surface area contributed by atoms with Crippen LogP contribution in [0.15, 0.2) is 23.5 Å². The Hall–Kier alpha value is -3.15. The van der Waals surface area contributed by atoms with Gasteiger partial charge in [0.15, 0.2) is 17.2 Å². The van der Waals surface area contributed by atoms with E-state index in [1.807, 2.05) is 0 Å². The van der Waals surface area contributed by atoms with Crippen molar-refractivity contribution in [3.63, 3.8) is 0 Å². The van der Waals surface area contributed by atoms with Crippen molar-refractivity contribution in [2.24, 2.45) is 29.4 Å². The molecule has 184 valence electrons. The van der Waals surface area contributed by atoms with Crippen LogP contribution in [-0.2, 0) is 16.0 Å². The van der Waals surface area contributed by atoms with E-state index < -0.39 is 52.7 Å². The molecule has 1 aromatic rings. The van der Waals surface area contributed by atoms with Gasteiger partial charge in [-0.15, -0.1) is 0 Å². The molecule has 4 aliphatic carbocycles. The van der Waals surface area contributed by atoms with E-state index in [1.54, 1.807) is 6.07 Å². The molecular weight excluding hydrogens is 450 g/mol. The first-order chi connectivity index (χ1) is 16.6. The predicted octanol–water partition coefficient (Wildman–Crippen LogP) is 1.68. The lowest BCUT2D eigenvalue weighted by molar-refractivity contribution is -0.167. The first kappa shape index (κ1) is 23.6. The van der Waals surface area contributed by atoms with E-state index >= 15 is 0 Å². The maximum Gasteiger partial charge on any atom is 0.230 e. The largest absolute Gasteiger partial charge is 0.508 e. The highest BCUT2D eigenvalue weighted by Crippen LogP contribution is 2.51. The molecule has 0 aromatic heterocycles. The molecule has 0 heterocycles. The number of aliphatic hydroxyl groups excluding tert-OH is 2.